The van der Waals surface area contributed by atoms with E-state index in [-0.39, 0.29) is 0 Å². The second-order valence-corrected chi connectivity index (χ2v) is 6.50. The highest BCUT2D eigenvalue weighted by Gasteiger charge is 2.12. The summed E-state index contributed by atoms with van der Waals surface area (Å²) < 4.78 is 10.7. The van der Waals surface area contributed by atoms with Crippen LogP contribution in [0.25, 0.3) is 10.6 Å². The number of nitrogens with zero attached hydrogens (tertiary/aromatic N) is 3. The lowest BCUT2D eigenvalue weighted by atomic mass is 10.2. The highest BCUT2D eigenvalue weighted by atomic mass is 32.2. The number of hydrogen-bond acceptors (Lipinski definition) is 7. The fourth-order valence-corrected chi connectivity index (χ4v) is 3.69. The number of nitrogens with one attached hydrogen (secondary N) is 1. The van der Waals surface area contributed by atoms with Crippen molar-refractivity contribution in [1.29, 1.82) is 0 Å². The molecule has 0 saturated carbocycles. The molecule has 0 bridgehead atoms. The average molecular weight is 348 g/mol. The maximum absolute atomic E-state index is 5.44. The van der Waals surface area contributed by atoms with Crippen molar-refractivity contribution in [2.45, 2.75) is 17.8 Å². The second-order valence-electron chi connectivity index (χ2n) is 4.70. The number of aromatic amines is 1. The molecule has 0 atom stereocenters. The Bertz CT molecular complexity index is 800. The van der Waals surface area contributed by atoms with Crippen molar-refractivity contribution < 1.29 is 9.47 Å². The summed E-state index contributed by atoms with van der Waals surface area (Å²) in [6, 6.07) is 5.73. The molecule has 0 saturated heterocycles. The number of aryl methyl sites for hydroxylation is 1. The highest BCUT2D eigenvalue weighted by molar-refractivity contribution is 7.98. The Morgan fingerprint density at radius 3 is 2.78 bits per heavy atom. The fourth-order valence-electron chi connectivity index (χ4n) is 2.00. The molecule has 0 radical (unpaired) electrons. The van der Waals surface area contributed by atoms with Crippen LogP contribution in [0.3, 0.4) is 0 Å². The molecule has 120 valence electrons. The topological polar surface area (TPSA) is 72.9 Å². The van der Waals surface area contributed by atoms with Gasteiger partial charge in [0.1, 0.15) is 22.3 Å². The molecule has 23 heavy (non-hydrogen) atoms. The summed E-state index contributed by atoms with van der Waals surface area (Å²) >= 11 is 3.15. The van der Waals surface area contributed by atoms with Gasteiger partial charge in [0.05, 0.1) is 25.5 Å². The fraction of sp³-hybridized carbons (Fsp3) is 0.267. The van der Waals surface area contributed by atoms with E-state index in [1.807, 2.05) is 30.5 Å². The molecule has 3 aromatic rings. The molecule has 0 spiro atoms. The summed E-state index contributed by atoms with van der Waals surface area (Å²) in [5, 5.41) is 10.6. The Morgan fingerprint density at radius 2 is 2.09 bits per heavy atom. The van der Waals surface area contributed by atoms with Crippen molar-refractivity contribution in [2.24, 2.45) is 0 Å². The van der Waals surface area contributed by atoms with E-state index in [2.05, 4.69) is 20.2 Å². The zero-order valence-corrected chi connectivity index (χ0v) is 14.6. The quantitative estimate of drug-likeness (QED) is 0.687. The number of aromatic nitrogens is 4. The van der Waals surface area contributed by atoms with Crippen LogP contribution in [0.5, 0.6) is 11.5 Å². The Kier molecular flexibility index (Phi) is 4.82. The van der Waals surface area contributed by atoms with Gasteiger partial charge in [-0.15, -0.1) is 16.4 Å². The third-order valence-corrected chi connectivity index (χ3v) is 4.92. The van der Waals surface area contributed by atoms with Crippen LogP contribution in [0.4, 0.5) is 0 Å². The van der Waals surface area contributed by atoms with Crippen LogP contribution in [0.15, 0.2) is 28.7 Å². The van der Waals surface area contributed by atoms with Crippen molar-refractivity contribution in [3.05, 3.63) is 35.1 Å². The molecule has 0 unspecified atom stereocenters. The number of methoxy groups -OCH3 is 2. The molecule has 3 rings (SSSR count). The Balaban J connectivity index is 1.76. The number of benzene rings is 1. The van der Waals surface area contributed by atoms with Gasteiger partial charge in [-0.3, -0.25) is 5.10 Å². The van der Waals surface area contributed by atoms with Gasteiger partial charge in [-0.1, -0.05) is 11.8 Å². The number of H-pyrrole nitrogens is 1. The largest absolute Gasteiger partial charge is 0.497 e. The van der Waals surface area contributed by atoms with Crippen LogP contribution < -0.4 is 9.47 Å². The van der Waals surface area contributed by atoms with Gasteiger partial charge in [0.2, 0.25) is 5.16 Å². The molecule has 0 amide bonds. The first kappa shape index (κ1) is 15.8. The van der Waals surface area contributed by atoms with E-state index in [1.54, 1.807) is 37.3 Å². The van der Waals surface area contributed by atoms with Crippen molar-refractivity contribution in [1.82, 2.24) is 20.2 Å². The molecule has 2 aromatic heterocycles. The molecule has 0 fully saturated rings. The SMILES string of the molecule is COc1ccc(-c2nc(CSc3n[nH]c(C)n3)cs2)c(OC)c1. The molecule has 8 heteroatoms. The van der Waals surface area contributed by atoms with Crippen LogP contribution in [0.1, 0.15) is 11.5 Å². The third-order valence-electron chi connectivity index (χ3n) is 3.12. The van der Waals surface area contributed by atoms with Crippen LogP contribution >= 0.6 is 23.1 Å². The second kappa shape index (κ2) is 7.01. The van der Waals surface area contributed by atoms with E-state index >= 15 is 0 Å². The van der Waals surface area contributed by atoms with Gasteiger partial charge in [0.15, 0.2) is 0 Å². The zero-order chi connectivity index (χ0) is 16.2. The smallest absolute Gasteiger partial charge is 0.208 e. The Labute approximate surface area is 142 Å². The van der Waals surface area contributed by atoms with Crippen LogP contribution in [-0.4, -0.2) is 34.4 Å². The van der Waals surface area contributed by atoms with Crippen molar-refractivity contribution in [2.75, 3.05) is 14.2 Å². The summed E-state index contributed by atoms with van der Waals surface area (Å²) in [5.74, 6) is 3.06. The first-order valence-corrected chi connectivity index (χ1v) is 8.74. The number of ether oxygens (including phenoxy) is 2. The minimum absolute atomic E-state index is 0.728. The average Bonchev–Trinajstić information content (AvgIpc) is 3.21. The van der Waals surface area contributed by atoms with Gasteiger partial charge in [0.25, 0.3) is 0 Å². The van der Waals surface area contributed by atoms with Crippen molar-refractivity contribution in [3.63, 3.8) is 0 Å². The van der Waals surface area contributed by atoms with Crippen LogP contribution in [0, 0.1) is 6.92 Å². The first-order valence-electron chi connectivity index (χ1n) is 6.88. The molecule has 0 aliphatic rings. The molecule has 6 nitrogen and oxygen atoms in total. The van der Waals surface area contributed by atoms with Crippen molar-refractivity contribution in [3.8, 4) is 22.1 Å². The maximum atomic E-state index is 5.44. The van der Waals surface area contributed by atoms with Gasteiger partial charge in [-0.25, -0.2) is 9.97 Å². The summed E-state index contributed by atoms with van der Waals surface area (Å²) in [5.41, 5.74) is 1.96. The summed E-state index contributed by atoms with van der Waals surface area (Å²) in [6.07, 6.45) is 0. The Morgan fingerprint density at radius 1 is 1.22 bits per heavy atom. The van der Waals surface area contributed by atoms with E-state index in [9.17, 15) is 0 Å². The summed E-state index contributed by atoms with van der Waals surface area (Å²) in [6.45, 7) is 1.88. The van der Waals surface area contributed by atoms with E-state index in [0.29, 0.717) is 0 Å². The first-order chi connectivity index (χ1) is 11.2. The number of rotatable bonds is 6. The molecule has 1 N–H and O–H groups in total. The Hall–Kier alpha value is -2.06. The van der Waals surface area contributed by atoms with Crippen LogP contribution in [-0.2, 0) is 5.75 Å². The van der Waals surface area contributed by atoms with E-state index in [0.717, 1.165) is 44.5 Å². The van der Waals surface area contributed by atoms with Gasteiger partial charge in [-0.2, -0.15) is 0 Å². The molecule has 0 aliphatic carbocycles. The molecule has 2 heterocycles. The van der Waals surface area contributed by atoms with Crippen LogP contribution in [0.2, 0.25) is 0 Å². The minimum Gasteiger partial charge on any atom is -0.497 e. The lowest BCUT2D eigenvalue weighted by Gasteiger charge is -2.08. The zero-order valence-electron chi connectivity index (χ0n) is 13.0. The predicted octanol–water partition coefficient (Wildman–Crippen LogP) is 3.55. The summed E-state index contributed by atoms with van der Waals surface area (Å²) in [7, 11) is 3.28. The molecular formula is C15H16N4O2S2. The normalized spacial score (nSPS) is 10.7. The molecule has 0 aliphatic heterocycles. The number of thioether (sulfide) groups is 1. The maximum Gasteiger partial charge on any atom is 0.208 e. The van der Waals surface area contributed by atoms with E-state index < -0.39 is 0 Å². The van der Waals surface area contributed by atoms with Gasteiger partial charge >= 0.3 is 0 Å². The lowest BCUT2D eigenvalue weighted by Crippen LogP contribution is -1.90. The van der Waals surface area contributed by atoms with Gasteiger partial charge in [0, 0.05) is 17.2 Å². The van der Waals surface area contributed by atoms with E-state index in [1.165, 1.54) is 0 Å². The molecular weight excluding hydrogens is 332 g/mol. The third kappa shape index (κ3) is 3.65. The standard InChI is InChI=1S/C15H16N4O2S2/c1-9-16-15(19-18-9)23-8-10-7-22-14(17-10)12-5-4-11(20-2)6-13(12)21-3/h4-7H,8H2,1-3H3,(H,16,18,19). The van der Waals surface area contributed by atoms with Crippen molar-refractivity contribution >= 4 is 23.1 Å². The number of thiazole rings is 1. The predicted molar refractivity (Wildman–Crippen MR) is 91.3 cm³/mol. The minimum atomic E-state index is 0.728. The van der Waals surface area contributed by atoms with Gasteiger partial charge < -0.3 is 9.47 Å². The van der Waals surface area contributed by atoms with E-state index in [4.69, 9.17) is 9.47 Å². The lowest BCUT2D eigenvalue weighted by molar-refractivity contribution is 0.395. The monoisotopic (exact) mass is 348 g/mol. The highest BCUT2D eigenvalue weighted by Crippen LogP contribution is 2.35. The molecule has 1 aromatic carbocycles. The van der Waals surface area contributed by atoms with Gasteiger partial charge in [-0.05, 0) is 19.1 Å². The number of hydrogen-bond donors (Lipinski definition) is 1. The summed E-state index contributed by atoms with van der Waals surface area (Å²) in [4.78, 5) is 8.95.